The van der Waals surface area contributed by atoms with Gasteiger partial charge in [0.2, 0.25) is 0 Å². The second kappa shape index (κ2) is 6.86. The minimum atomic E-state index is -0.156. The average molecular weight is 342 g/mol. The fourth-order valence-electron chi connectivity index (χ4n) is 3.63. The van der Waals surface area contributed by atoms with Crippen LogP contribution in [-0.4, -0.2) is 34.1 Å². The molecule has 1 aliphatic carbocycles. The van der Waals surface area contributed by atoms with Crippen molar-refractivity contribution in [1.29, 1.82) is 0 Å². The third-order valence-corrected chi connectivity index (χ3v) is 5.07. The van der Waals surface area contributed by atoms with Crippen LogP contribution in [-0.2, 0) is 0 Å². The Hall–Kier alpha value is -2.37. The molecule has 2 atom stereocenters. The lowest BCUT2D eigenvalue weighted by molar-refractivity contribution is 0.0856. The van der Waals surface area contributed by atoms with Crippen molar-refractivity contribution in [1.82, 2.24) is 20.3 Å². The summed E-state index contributed by atoms with van der Waals surface area (Å²) < 4.78 is 6.75. The molecule has 2 unspecified atom stereocenters. The predicted molar refractivity (Wildman–Crippen MR) is 96.0 cm³/mol. The van der Waals surface area contributed by atoms with E-state index in [4.69, 9.17) is 4.74 Å². The number of aromatic nitrogens is 3. The van der Waals surface area contributed by atoms with Crippen molar-refractivity contribution in [2.45, 2.75) is 46.1 Å². The first-order valence-corrected chi connectivity index (χ1v) is 8.75. The van der Waals surface area contributed by atoms with Gasteiger partial charge in [0.15, 0.2) is 5.69 Å². The molecule has 6 nitrogen and oxygen atoms in total. The number of nitrogens with one attached hydrogen (secondary N) is 1. The topological polar surface area (TPSA) is 69.0 Å². The van der Waals surface area contributed by atoms with Crippen molar-refractivity contribution in [3.63, 3.8) is 0 Å². The van der Waals surface area contributed by atoms with Crippen LogP contribution >= 0.6 is 0 Å². The van der Waals surface area contributed by atoms with Gasteiger partial charge in [-0.3, -0.25) is 4.79 Å². The van der Waals surface area contributed by atoms with E-state index >= 15 is 0 Å². The number of ether oxygens (including phenoxy) is 1. The summed E-state index contributed by atoms with van der Waals surface area (Å²) in [5.74, 6) is 1.08. The van der Waals surface area contributed by atoms with Gasteiger partial charge in [-0.2, -0.15) is 0 Å². The fraction of sp³-hybridized carbons (Fsp3) is 0.526. The number of benzene rings is 1. The van der Waals surface area contributed by atoms with Gasteiger partial charge in [0, 0.05) is 6.04 Å². The molecule has 1 aliphatic rings. The molecule has 1 aromatic heterocycles. The third-order valence-electron chi connectivity index (χ3n) is 5.07. The molecule has 1 amide bonds. The van der Waals surface area contributed by atoms with E-state index in [0.717, 1.165) is 30.7 Å². The number of hydrogen-bond donors (Lipinski definition) is 1. The van der Waals surface area contributed by atoms with Gasteiger partial charge < -0.3 is 10.1 Å². The zero-order valence-corrected chi connectivity index (χ0v) is 15.3. The molecule has 0 saturated heterocycles. The molecule has 0 spiro atoms. The van der Waals surface area contributed by atoms with Crippen molar-refractivity contribution >= 4 is 5.91 Å². The lowest BCUT2D eigenvalue weighted by Gasteiger charge is -2.39. The summed E-state index contributed by atoms with van der Waals surface area (Å²) in [6, 6.07) is 7.65. The van der Waals surface area contributed by atoms with Crippen LogP contribution < -0.4 is 10.1 Å². The molecule has 0 bridgehead atoms. The predicted octanol–water partition coefficient (Wildman–Crippen LogP) is 3.22. The van der Waals surface area contributed by atoms with Crippen molar-refractivity contribution in [2.24, 2.45) is 11.3 Å². The van der Waals surface area contributed by atoms with E-state index in [0.29, 0.717) is 17.0 Å². The average Bonchev–Trinajstić information content (AvgIpc) is 3.07. The summed E-state index contributed by atoms with van der Waals surface area (Å²) in [6.45, 7) is 6.80. The second-order valence-corrected chi connectivity index (χ2v) is 7.71. The van der Waals surface area contributed by atoms with Crippen molar-refractivity contribution in [3.8, 4) is 11.4 Å². The van der Waals surface area contributed by atoms with Gasteiger partial charge in [0.1, 0.15) is 5.75 Å². The lowest BCUT2D eigenvalue weighted by Crippen LogP contribution is -2.44. The number of nitrogens with zero attached hydrogens (tertiary/aromatic N) is 3. The molecule has 0 radical (unpaired) electrons. The first-order chi connectivity index (χ1) is 11.9. The highest BCUT2D eigenvalue weighted by Crippen LogP contribution is 2.38. The Morgan fingerprint density at radius 1 is 1.32 bits per heavy atom. The standard InChI is InChI=1S/C19H26N4O2/c1-13-11-19(2,3)10-9-16(13)20-18(24)17-12-23(22-21-17)14-5-7-15(25-4)8-6-14/h5-8,12-13,16H,9-11H2,1-4H3,(H,20,24). The van der Waals surface area contributed by atoms with Gasteiger partial charge in [-0.05, 0) is 54.9 Å². The minimum Gasteiger partial charge on any atom is -0.497 e. The number of carbonyl (C=O) groups is 1. The van der Waals surface area contributed by atoms with Crippen LogP contribution in [0.25, 0.3) is 5.69 Å². The molecule has 25 heavy (non-hydrogen) atoms. The maximum Gasteiger partial charge on any atom is 0.273 e. The molecule has 1 heterocycles. The summed E-state index contributed by atoms with van der Waals surface area (Å²) in [6.07, 6.45) is 4.92. The highest BCUT2D eigenvalue weighted by atomic mass is 16.5. The van der Waals surface area contributed by atoms with Crippen molar-refractivity contribution in [2.75, 3.05) is 7.11 Å². The second-order valence-electron chi connectivity index (χ2n) is 7.71. The van der Waals surface area contributed by atoms with E-state index in [9.17, 15) is 4.79 Å². The van der Waals surface area contributed by atoms with Crippen LogP contribution in [0.4, 0.5) is 0 Å². The molecule has 2 aromatic rings. The number of amides is 1. The van der Waals surface area contributed by atoms with Crippen molar-refractivity contribution in [3.05, 3.63) is 36.2 Å². The van der Waals surface area contributed by atoms with E-state index in [1.807, 2.05) is 24.3 Å². The van der Waals surface area contributed by atoms with Crippen LogP contribution in [0.3, 0.4) is 0 Å². The number of hydrogen-bond acceptors (Lipinski definition) is 4. The zero-order chi connectivity index (χ0) is 18.0. The molecular formula is C19H26N4O2. The maximum absolute atomic E-state index is 12.5. The highest BCUT2D eigenvalue weighted by Gasteiger charge is 2.33. The largest absolute Gasteiger partial charge is 0.497 e. The summed E-state index contributed by atoms with van der Waals surface area (Å²) in [7, 11) is 1.63. The van der Waals surface area contributed by atoms with Crippen molar-refractivity contribution < 1.29 is 9.53 Å². The molecular weight excluding hydrogens is 316 g/mol. The summed E-state index contributed by atoms with van der Waals surface area (Å²) in [5.41, 5.74) is 1.53. The molecule has 3 rings (SSSR count). The van der Waals surface area contributed by atoms with E-state index < -0.39 is 0 Å². The molecule has 6 heteroatoms. The molecule has 1 N–H and O–H groups in total. The minimum absolute atomic E-state index is 0.156. The SMILES string of the molecule is COc1ccc(-n2cc(C(=O)NC3CCC(C)(C)CC3C)nn2)cc1. The molecule has 1 aromatic carbocycles. The lowest BCUT2D eigenvalue weighted by atomic mass is 9.70. The molecule has 1 fully saturated rings. The van der Waals surface area contributed by atoms with Crippen LogP contribution in [0.1, 0.15) is 50.5 Å². The first kappa shape index (κ1) is 17.5. The van der Waals surface area contributed by atoms with Crippen LogP contribution in [0.2, 0.25) is 0 Å². The number of rotatable bonds is 4. The summed E-state index contributed by atoms with van der Waals surface area (Å²) >= 11 is 0. The van der Waals surface area contributed by atoms with Gasteiger partial charge in [-0.15, -0.1) is 5.10 Å². The quantitative estimate of drug-likeness (QED) is 0.926. The van der Waals surface area contributed by atoms with Gasteiger partial charge in [-0.1, -0.05) is 26.0 Å². The number of carbonyl (C=O) groups excluding carboxylic acids is 1. The van der Waals surface area contributed by atoms with Gasteiger partial charge >= 0.3 is 0 Å². The van der Waals surface area contributed by atoms with E-state index in [1.165, 1.54) is 0 Å². The molecule has 0 aliphatic heterocycles. The van der Waals surface area contributed by atoms with Gasteiger partial charge in [-0.25, -0.2) is 4.68 Å². The van der Waals surface area contributed by atoms with Crippen LogP contribution in [0, 0.1) is 11.3 Å². The number of methoxy groups -OCH3 is 1. The Morgan fingerprint density at radius 2 is 2.04 bits per heavy atom. The van der Waals surface area contributed by atoms with E-state index in [2.05, 4.69) is 36.4 Å². The maximum atomic E-state index is 12.5. The van der Waals surface area contributed by atoms with Gasteiger partial charge in [0.05, 0.1) is 19.0 Å². The zero-order valence-electron chi connectivity index (χ0n) is 15.3. The Labute approximate surface area is 148 Å². The van der Waals surface area contributed by atoms with Gasteiger partial charge in [0.25, 0.3) is 5.91 Å². The molecule has 1 saturated carbocycles. The Bertz CT molecular complexity index is 736. The summed E-state index contributed by atoms with van der Waals surface area (Å²) in [5, 5.41) is 11.2. The van der Waals surface area contributed by atoms with Crippen LogP contribution in [0.15, 0.2) is 30.5 Å². The highest BCUT2D eigenvalue weighted by molar-refractivity contribution is 5.92. The fourth-order valence-corrected chi connectivity index (χ4v) is 3.63. The Balaban J connectivity index is 1.66. The summed E-state index contributed by atoms with van der Waals surface area (Å²) in [4.78, 5) is 12.5. The molecule has 134 valence electrons. The normalized spacial score (nSPS) is 22.4. The monoisotopic (exact) mass is 342 g/mol. The first-order valence-electron chi connectivity index (χ1n) is 8.75. The Kier molecular flexibility index (Phi) is 4.79. The smallest absolute Gasteiger partial charge is 0.273 e. The van der Waals surface area contributed by atoms with Crippen LogP contribution in [0.5, 0.6) is 5.75 Å². The Morgan fingerprint density at radius 3 is 2.68 bits per heavy atom. The third kappa shape index (κ3) is 4.00. The van der Waals surface area contributed by atoms with E-state index in [1.54, 1.807) is 18.0 Å². The van der Waals surface area contributed by atoms with E-state index in [-0.39, 0.29) is 11.9 Å².